The highest BCUT2D eigenvalue weighted by Gasteiger charge is 2.54. The molecule has 0 saturated carbocycles. The fourth-order valence-electron chi connectivity index (χ4n) is 10.7. The third-order valence-electron chi connectivity index (χ3n) is 13.0. The molecule has 2 aromatic heterocycles. The molecule has 8 aromatic rings. The van der Waals surface area contributed by atoms with Crippen LogP contribution in [0.5, 0.6) is 0 Å². The first-order chi connectivity index (χ1) is 25.3. The van der Waals surface area contributed by atoms with E-state index in [-0.39, 0.29) is 10.8 Å². The molecule has 0 unspecified atom stereocenters. The van der Waals surface area contributed by atoms with Crippen molar-refractivity contribution >= 4 is 50.5 Å². The van der Waals surface area contributed by atoms with E-state index in [9.17, 15) is 0 Å². The van der Waals surface area contributed by atoms with Crippen molar-refractivity contribution in [3.05, 3.63) is 183 Å². The van der Waals surface area contributed by atoms with Crippen molar-refractivity contribution < 1.29 is 0 Å². The first kappa shape index (κ1) is 29.4. The lowest BCUT2D eigenvalue weighted by Crippen LogP contribution is -2.36. The van der Waals surface area contributed by atoms with Gasteiger partial charge in [-0.1, -0.05) is 119 Å². The summed E-state index contributed by atoms with van der Waals surface area (Å²) in [4.78, 5) is 5.48. The third kappa shape index (κ3) is 3.24. The van der Waals surface area contributed by atoms with Gasteiger partial charge in [-0.2, -0.15) is 0 Å². The zero-order valence-corrected chi connectivity index (χ0v) is 31.2. The van der Waals surface area contributed by atoms with Crippen LogP contribution in [0, 0.1) is 0 Å². The normalized spacial score (nSPS) is 16.9. The predicted molar refractivity (Wildman–Crippen MR) is 220 cm³/mol. The van der Waals surface area contributed by atoms with Crippen molar-refractivity contribution in [1.29, 1.82) is 0 Å². The topological polar surface area (TPSA) is 3.24 Å². The summed E-state index contributed by atoms with van der Waals surface area (Å²) in [6, 6.07) is 49.1. The molecule has 6 aromatic carbocycles. The number of benzene rings is 6. The van der Waals surface area contributed by atoms with Crippen LogP contribution in [0.2, 0.25) is 0 Å². The molecule has 3 heterocycles. The molecule has 1 nitrogen and oxygen atoms in total. The van der Waals surface area contributed by atoms with Crippen molar-refractivity contribution in [2.45, 2.75) is 43.9 Å². The van der Waals surface area contributed by atoms with E-state index in [2.05, 4.69) is 171 Å². The Kier molecular flexibility index (Phi) is 5.42. The van der Waals surface area contributed by atoms with Gasteiger partial charge in [-0.25, -0.2) is 0 Å². The fourth-order valence-corrected chi connectivity index (χ4v) is 12.8. The highest BCUT2D eigenvalue weighted by Crippen LogP contribution is 2.67. The summed E-state index contributed by atoms with van der Waals surface area (Å²) in [5.41, 5.74) is 19.8. The number of para-hydroxylation sites is 1. The number of thiophene rings is 2. The molecule has 1 spiro atoms. The number of anilines is 3. The van der Waals surface area contributed by atoms with Gasteiger partial charge in [0, 0.05) is 26.0 Å². The zero-order valence-electron chi connectivity index (χ0n) is 29.5. The number of hydrogen-bond acceptors (Lipinski definition) is 3. The van der Waals surface area contributed by atoms with Crippen LogP contribution in [-0.4, -0.2) is 0 Å². The average molecular weight is 702 g/mol. The first-order valence-electron chi connectivity index (χ1n) is 18.3. The van der Waals surface area contributed by atoms with Gasteiger partial charge in [0.25, 0.3) is 0 Å². The Hall–Kier alpha value is -5.22. The van der Waals surface area contributed by atoms with E-state index < -0.39 is 5.41 Å². The van der Waals surface area contributed by atoms with Crippen LogP contribution in [0.1, 0.15) is 72.2 Å². The van der Waals surface area contributed by atoms with Crippen LogP contribution in [-0.2, 0) is 16.2 Å². The first-order valence-corrected chi connectivity index (χ1v) is 20.1. The summed E-state index contributed by atoms with van der Waals surface area (Å²) >= 11 is 3.79. The SMILES string of the molecule is CC1(C)c2ccccc2-c2cc3c(cc21)N(c1cc2c(c4ccccc14)-c1ccccc1C2(C)C)c1ccccc1C31c2ccsc2-c2sccc21. The van der Waals surface area contributed by atoms with Gasteiger partial charge in [0.15, 0.2) is 0 Å². The molecule has 12 rings (SSSR count). The Bertz CT molecular complexity index is 2840. The lowest BCUT2D eigenvalue weighted by atomic mass is 9.64. The van der Waals surface area contributed by atoms with E-state index in [4.69, 9.17) is 0 Å². The molecule has 248 valence electrons. The number of nitrogens with zero attached hydrogens (tertiary/aromatic N) is 1. The molecule has 0 atom stereocenters. The minimum absolute atomic E-state index is 0.128. The Labute approximate surface area is 312 Å². The molecular weight excluding hydrogens is 667 g/mol. The molecule has 0 fully saturated rings. The van der Waals surface area contributed by atoms with Crippen molar-refractivity contribution in [3.63, 3.8) is 0 Å². The maximum absolute atomic E-state index is 2.65. The van der Waals surface area contributed by atoms with Crippen LogP contribution < -0.4 is 4.90 Å². The molecule has 0 saturated heterocycles. The van der Waals surface area contributed by atoms with Crippen molar-refractivity contribution in [1.82, 2.24) is 0 Å². The number of fused-ring (bicyclic) bond motifs is 17. The van der Waals surface area contributed by atoms with Gasteiger partial charge in [-0.15, -0.1) is 22.7 Å². The molecular formula is C49H35NS2. The molecule has 0 bridgehead atoms. The Morgan fingerprint density at radius 1 is 0.404 bits per heavy atom. The fraction of sp³-hybridized carbons (Fsp3) is 0.143. The Morgan fingerprint density at radius 2 is 0.962 bits per heavy atom. The second-order valence-corrected chi connectivity index (χ2v) is 17.9. The summed E-state index contributed by atoms with van der Waals surface area (Å²) in [7, 11) is 0. The van der Waals surface area contributed by atoms with Gasteiger partial charge >= 0.3 is 0 Å². The maximum atomic E-state index is 2.65. The van der Waals surface area contributed by atoms with Gasteiger partial charge in [-0.3, -0.25) is 0 Å². The summed E-state index contributed by atoms with van der Waals surface area (Å²) < 4.78 is 0. The van der Waals surface area contributed by atoms with Gasteiger partial charge in [0.05, 0.1) is 22.5 Å². The number of hydrogen-bond donors (Lipinski definition) is 0. The minimum atomic E-state index is -0.411. The Morgan fingerprint density at radius 3 is 1.69 bits per heavy atom. The second-order valence-electron chi connectivity index (χ2n) is 16.0. The average Bonchev–Trinajstić information content (AvgIpc) is 3.97. The zero-order chi connectivity index (χ0) is 34.7. The maximum Gasteiger partial charge on any atom is 0.0771 e. The second kappa shape index (κ2) is 9.60. The van der Waals surface area contributed by atoms with Crippen LogP contribution in [0.4, 0.5) is 17.1 Å². The molecule has 4 aliphatic rings. The minimum Gasteiger partial charge on any atom is -0.309 e. The van der Waals surface area contributed by atoms with Gasteiger partial charge in [-0.05, 0) is 119 Å². The molecule has 0 amide bonds. The Balaban J connectivity index is 1.25. The van der Waals surface area contributed by atoms with Crippen LogP contribution in [0.15, 0.2) is 138 Å². The molecule has 3 heteroatoms. The van der Waals surface area contributed by atoms with E-state index in [0.29, 0.717) is 0 Å². The van der Waals surface area contributed by atoms with Crippen molar-refractivity contribution in [2.24, 2.45) is 0 Å². The molecule has 52 heavy (non-hydrogen) atoms. The molecule has 3 aliphatic carbocycles. The highest BCUT2D eigenvalue weighted by atomic mass is 32.1. The quantitative estimate of drug-likeness (QED) is 0.165. The van der Waals surface area contributed by atoms with Gasteiger partial charge < -0.3 is 4.90 Å². The van der Waals surface area contributed by atoms with Gasteiger partial charge in [0.1, 0.15) is 0 Å². The van der Waals surface area contributed by atoms with Crippen molar-refractivity contribution in [2.75, 3.05) is 4.90 Å². The summed E-state index contributed by atoms with van der Waals surface area (Å²) in [6.07, 6.45) is 0. The van der Waals surface area contributed by atoms with Crippen LogP contribution in [0.3, 0.4) is 0 Å². The van der Waals surface area contributed by atoms with E-state index in [1.165, 1.54) is 104 Å². The van der Waals surface area contributed by atoms with Crippen molar-refractivity contribution in [3.8, 4) is 32.0 Å². The van der Waals surface area contributed by atoms with Crippen LogP contribution in [0.25, 0.3) is 42.8 Å². The van der Waals surface area contributed by atoms with E-state index in [1.807, 2.05) is 22.7 Å². The standard InChI is InChI=1S/C49H35NS2/c1-47(2)33-17-9-7-13-28(33)32-25-39-43(26-38(32)47)50(41-20-12-11-19-35(41)49(39)36-21-23-51-45(36)46-37(49)22-24-52-46)42-27-40-44(30-15-6-5-14-29(30)42)31-16-8-10-18-34(31)48(40,3)4/h5-27H,1-4H3. The summed E-state index contributed by atoms with van der Waals surface area (Å²) in [5.74, 6) is 0. The smallest absolute Gasteiger partial charge is 0.0771 e. The highest BCUT2D eigenvalue weighted by molar-refractivity contribution is 7.21. The van der Waals surface area contributed by atoms with Gasteiger partial charge in [0.2, 0.25) is 0 Å². The predicted octanol–water partition coefficient (Wildman–Crippen LogP) is 13.7. The lowest BCUT2D eigenvalue weighted by molar-refractivity contribution is 0.658. The van der Waals surface area contributed by atoms with E-state index in [0.717, 1.165) is 0 Å². The lowest BCUT2D eigenvalue weighted by Gasteiger charge is -2.45. The number of rotatable bonds is 1. The van der Waals surface area contributed by atoms with E-state index in [1.54, 1.807) is 0 Å². The largest absolute Gasteiger partial charge is 0.309 e. The third-order valence-corrected chi connectivity index (χ3v) is 15.0. The molecule has 0 radical (unpaired) electrons. The molecule has 1 aliphatic heterocycles. The molecule has 0 N–H and O–H groups in total. The van der Waals surface area contributed by atoms with Crippen LogP contribution >= 0.6 is 22.7 Å². The summed E-state index contributed by atoms with van der Waals surface area (Å²) in [5, 5.41) is 7.22. The monoisotopic (exact) mass is 701 g/mol. The summed E-state index contributed by atoms with van der Waals surface area (Å²) in [6.45, 7) is 9.64. The van der Waals surface area contributed by atoms with E-state index >= 15 is 0 Å².